The number of rotatable bonds is 9. The van der Waals surface area contributed by atoms with Gasteiger partial charge in [0.25, 0.3) is 11.7 Å². The van der Waals surface area contributed by atoms with E-state index in [1.54, 1.807) is 49.6 Å². The van der Waals surface area contributed by atoms with Crippen molar-refractivity contribution in [2.24, 2.45) is 0 Å². The summed E-state index contributed by atoms with van der Waals surface area (Å²) < 4.78 is 22.0. The molecule has 1 atom stereocenters. The lowest BCUT2D eigenvalue weighted by Crippen LogP contribution is -2.29. The number of hydrogen-bond donors (Lipinski definition) is 1. The first-order valence-electron chi connectivity index (χ1n) is 12.2. The number of aliphatic hydroxyl groups is 1. The lowest BCUT2D eigenvalue weighted by atomic mass is 9.94. The molecule has 0 aliphatic carbocycles. The van der Waals surface area contributed by atoms with Gasteiger partial charge in [-0.25, -0.2) is 0 Å². The van der Waals surface area contributed by atoms with Crippen LogP contribution in [0.4, 0.5) is 0 Å². The molecule has 1 aliphatic rings. The summed E-state index contributed by atoms with van der Waals surface area (Å²) in [6, 6.07) is 18.4. The summed E-state index contributed by atoms with van der Waals surface area (Å²) in [6.45, 7) is 3.92. The molecular formula is C30H31NO7. The number of amides is 1. The summed E-state index contributed by atoms with van der Waals surface area (Å²) in [7, 11) is 4.54. The number of carbonyl (C=O) groups is 2. The molecule has 1 unspecified atom stereocenters. The van der Waals surface area contributed by atoms with Gasteiger partial charge in [-0.1, -0.05) is 30.3 Å². The van der Waals surface area contributed by atoms with Crippen molar-refractivity contribution in [1.82, 2.24) is 4.90 Å². The van der Waals surface area contributed by atoms with Crippen LogP contribution in [-0.4, -0.2) is 49.1 Å². The first kappa shape index (κ1) is 26.6. The van der Waals surface area contributed by atoms with Crippen molar-refractivity contribution < 1.29 is 33.6 Å². The Morgan fingerprint density at radius 3 is 2.26 bits per heavy atom. The average Bonchev–Trinajstić information content (AvgIpc) is 3.17. The Hall–Kier alpha value is -4.46. The molecule has 0 saturated carbocycles. The van der Waals surface area contributed by atoms with Crippen LogP contribution in [0.3, 0.4) is 0 Å². The van der Waals surface area contributed by atoms with E-state index in [9.17, 15) is 14.7 Å². The molecule has 1 N–H and O–H groups in total. The Bertz CT molecular complexity index is 1380. The predicted octanol–water partition coefficient (Wildman–Crippen LogP) is 5.12. The van der Waals surface area contributed by atoms with E-state index in [1.807, 2.05) is 38.1 Å². The summed E-state index contributed by atoms with van der Waals surface area (Å²) in [6.07, 6.45) is -0.0723. The standard InChI is InChI=1S/C30H31NO7/c1-18(2)38-22-11-8-10-19(15-22)27-26(28(32)20-13-14-24(36-4)25(16-20)37-5)29(33)30(34)31(27)17-21-9-6-7-12-23(21)35-3/h6-16,18,27,32H,17H2,1-5H3/b28-26+. The lowest BCUT2D eigenvalue weighted by Gasteiger charge is -2.26. The monoisotopic (exact) mass is 517 g/mol. The zero-order valence-corrected chi connectivity index (χ0v) is 22.1. The van der Waals surface area contributed by atoms with Gasteiger partial charge in [-0.15, -0.1) is 0 Å². The Balaban J connectivity index is 1.89. The molecule has 8 nitrogen and oxygen atoms in total. The quantitative estimate of drug-likeness (QED) is 0.239. The Labute approximate surface area is 222 Å². The van der Waals surface area contributed by atoms with Gasteiger partial charge in [-0.3, -0.25) is 9.59 Å². The van der Waals surface area contributed by atoms with Crippen LogP contribution in [-0.2, 0) is 16.1 Å². The van der Waals surface area contributed by atoms with Crippen molar-refractivity contribution in [1.29, 1.82) is 0 Å². The van der Waals surface area contributed by atoms with Gasteiger partial charge in [0, 0.05) is 11.1 Å². The maximum atomic E-state index is 13.5. The molecule has 38 heavy (non-hydrogen) atoms. The fourth-order valence-corrected chi connectivity index (χ4v) is 4.58. The van der Waals surface area contributed by atoms with Gasteiger partial charge >= 0.3 is 0 Å². The van der Waals surface area contributed by atoms with Crippen molar-refractivity contribution in [2.75, 3.05) is 21.3 Å². The second-order valence-corrected chi connectivity index (χ2v) is 9.05. The summed E-state index contributed by atoms with van der Waals surface area (Å²) in [5.41, 5.74) is 1.64. The second kappa shape index (κ2) is 11.3. The van der Waals surface area contributed by atoms with Crippen molar-refractivity contribution in [3.63, 3.8) is 0 Å². The average molecular weight is 518 g/mol. The predicted molar refractivity (Wildman–Crippen MR) is 143 cm³/mol. The van der Waals surface area contributed by atoms with Gasteiger partial charge in [0.2, 0.25) is 0 Å². The normalized spacial score (nSPS) is 16.6. The molecule has 1 heterocycles. The van der Waals surface area contributed by atoms with E-state index < -0.39 is 17.7 Å². The van der Waals surface area contributed by atoms with Crippen LogP contribution in [0, 0.1) is 0 Å². The number of aliphatic hydroxyl groups excluding tert-OH is 1. The number of carbonyl (C=O) groups excluding carboxylic acids is 2. The highest BCUT2D eigenvalue weighted by molar-refractivity contribution is 6.46. The van der Waals surface area contributed by atoms with Gasteiger partial charge in [0.15, 0.2) is 11.5 Å². The zero-order valence-electron chi connectivity index (χ0n) is 22.1. The molecule has 8 heteroatoms. The number of ether oxygens (including phenoxy) is 4. The van der Waals surface area contributed by atoms with Crippen LogP contribution in [0.15, 0.2) is 72.3 Å². The Morgan fingerprint density at radius 2 is 1.58 bits per heavy atom. The zero-order chi connectivity index (χ0) is 27.4. The van der Waals surface area contributed by atoms with Crippen molar-refractivity contribution in [3.05, 3.63) is 89.0 Å². The smallest absolute Gasteiger partial charge is 0.295 e. The molecule has 4 rings (SSSR count). The fraction of sp³-hybridized carbons (Fsp3) is 0.267. The Kier molecular flexibility index (Phi) is 7.90. The third kappa shape index (κ3) is 5.16. The first-order chi connectivity index (χ1) is 18.3. The number of hydrogen-bond acceptors (Lipinski definition) is 7. The van der Waals surface area contributed by atoms with E-state index >= 15 is 0 Å². The third-order valence-electron chi connectivity index (χ3n) is 6.28. The van der Waals surface area contributed by atoms with Crippen LogP contribution in [0.5, 0.6) is 23.0 Å². The molecule has 3 aromatic rings. The molecule has 0 radical (unpaired) electrons. The van der Waals surface area contributed by atoms with Crippen LogP contribution in [0.1, 0.15) is 36.6 Å². The maximum Gasteiger partial charge on any atom is 0.295 e. The van der Waals surface area contributed by atoms with Crippen molar-refractivity contribution in [2.45, 2.75) is 32.5 Å². The van der Waals surface area contributed by atoms with Gasteiger partial charge in [0.1, 0.15) is 17.3 Å². The van der Waals surface area contributed by atoms with Gasteiger partial charge in [-0.05, 0) is 55.8 Å². The van der Waals surface area contributed by atoms with E-state index in [-0.39, 0.29) is 24.0 Å². The summed E-state index contributed by atoms with van der Waals surface area (Å²) in [5, 5.41) is 11.5. The third-order valence-corrected chi connectivity index (χ3v) is 6.28. The largest absolute Gasteiger partial charge is 0.507 e. The summed E-state index contributed by atoms with van der Waals surface area (Å²) in [4.78, 5) is 28.4. The molecule has 198 valence electrons. The molecule has 1 fully saturated rings. The van der Waals surface area contributed by atoms with E-state index in [1.165, 1.54) is 19.1 Å². The Morgan fingerprint density at radius 1 is 0.868 bits per heavy atom. The first-order valence-corrected chi connectivity index (χ1v) is 12.2. The van der Waals surface area contributed by atoms with E-state index in [0.717, 1.165) is 5.56 Å². The van der Waals surface area contributed by atoms with E-state index in [4.69, 9.17) is 18.9 Å². The van der Waals surface area contributed by atoms with Gasteiger partial charge < -0.3 is 29.0 Å². The molecule has 3 aromatic carbocycles. The lowest BCUT2D eigenvalue weighted by molar-refractivity contribution is -0.140. The van der Waals surface area contributed by atoms with Crippen LogP contribution >= 0.6 is 0 Å². The highest BCUT2D eigenvalue weighted by atomic mass is 16.5. The molecule has 0 spiro atoms. The van der Waals surface area contributed by atoms with Gasteiger partial charge in [0.05, 0.1) is 45.6 Å². The summed E-state index contributed by atoms with van der Waals surface area (Å²) >= 11 is 0. The number of nitrogens with zero attached hydrogens (tertiary/aromatic N) is 1. The number of Topliss-reactive ketones (excluding diaryl/α,β-unsaturated/α-hetero) is 1. The van der Waals surface area contributed by atoms with Crippen LogP contribution in [0.25, 0.3) is 5.76 Å². The SMILES string of the molecule is COc1ccccc1CN1C(=O)C(=O)/C(=C(/O)c2ccc(OC)c(OC)c2)C1c1cccc(OC(C)C)c1. The van der Waals surface area contributed by atoms with Crippen LogP contribution < -0.4 is 18.9 Å². The molecule has 1 aliphatic heterocycles. The molecule has 1 saturated heterocycles. The number of benzene rings is 3. The highest BCUT2D eigenvalue weighted by Crippen LogP contribution is 2.42. The van der Waals surface area contributed by atoms with Crippen molar-refractivity contribution in [3.8, 4) is 23.0 Å². The number of ketones is 1. The van der Waals surface area contributed by atoms with Crippen molar-refractivity contribution >= 4 is 17.4 Å². The topological polar surface area (TPSA) is 94.5 Å². The molecule has 0 bridgehead atoms. The minimum absolute atomic E-state index is 0.0289. The van der Waals surface area contributed by atoms with E-state index in [2.05, 4.69) is 0 Å². The van der Waals surface area contributed by atoms with E-state index in [0.29, 0.717) is 34.1 Å². The molecule has 1 amide bonds. The number of para-hydroxylation sites is 1. The molecular weight excluding hydrogens is 486 g/mol. The highest BCUT2D eigenvalue weighted by Gasteiger charge is 2.46. The minimum Gasteiger partial charge on any atom is -0.507 e. The second-order valence-electron chi connectivity index (χ2n) is 9.05. The fourth-order valence-electron chi connectivity index (χ4n) is 4.58. The number of likely N-dealkylation sites (tertiary alicyclic amines) is 1. The number of methoxy groups -OCH3 is 3. The maximum absolute atomic E-state index is 13.5. The van der Waals surface area contributed by atoms with Crippen LogP contribution in [0.2, 0.25) is 0 Å². The van der Waals surface area contributed by atoms with Gasteiger partial charge in [-0.2, -0.15) is 0 Å². The minimum atomic E-state index is -0.872. The molecule has 0 aromatic heterocycles. The summed E-state index contributed by atoms with van der Waals surface area (Å²) in [5.74, 6) is 0.202.